The number of benzene rings is 1. The minimum atomic E-state index is 0. The molecule has 0 aliphatic rings. The fourth-order valence-electron chi connectivity index (χ4n) is 0.589. The van der Waals surface area contributed by atoms with Crippen LogP contribution in [0.1, 0.15) is 5.56 Å². The third kappa shape index (κ3) is 2.66. The Morgan fingerprint density at radius 3 is 2.00 bits per heavy atom. The Kier molecular flexibility index (Phi) is 4.41. The van der Waals surface area contributed by atoms with Crippen molar-refractivity contribution in [2.24, 2.45) is 0 Å². The van der Waals surface area contributed by atoms with E-state index in [0.717, 1.165) is 0 Å². The molecule has 0 saturated heterocycles. The van der Waals surface area contributed by atoms with Crippen LogP contribution in [-0.4, -0.2) is 0 Å². The third-order valence-electron chi connectivity index (χ3n) is 1.04. The maximum absolute atomic E-state index is 3.63. The SMILES string of the molecule is C=Cc1ccccc1.[Ag+]. The molecule has 0 N–H and O–H groups in total. The smallest absolute Gasteiger partial charge is 0.0985 e. The summed E-state index contributed by atoms with van der Waals surface area (Å²) < 4.78 is 0. The molecule has 1 aromatic carbocycles. The van der Waals surface area contributed by atoms with Gasteiger partial charge in [0.05, 0.1) is 0 Å². The molecule has 1 heteroatoms. The predicted molar refractivity (Wildman–Crippen MR) is 36.5 cm³/mol. The molecule has 0 nitrogen and oxygen atoms in total. The standard InChI is InChI=1S/C8H8.Ag/c1-2-8-6-4-3-5-7-8;/h2-7H,1H2;/q;+1. The van der Waals surface area contributed by atoms with E-state index in [1.165, 1.54) is 5.56 Å². The molecule has 0 unspecified atom stereocenters. The van der Waals surface area contributed by atoms with Crippen molar-refractivity contribution >= 4 is 6.08 Å². The Labute approximate surface area is 71.1 Å². The molecule has 0 aliphatic heterocycles. The second-order valence-electron chi connectivity index (χ2n) is 1.61. The fraction of sp³-hybridized carbons (Fsp3) is 0. The summed E-state index contributed by atoms with van der Waals surface area (Å²) in [6, 6.07) is 10.0. The van der Waals surface area contributed by atoms with E-state index in [1.807, 2.05) is 36.4 Å². The maximum atomic E-state index is 3.63. The summed E-state index contributed by atoms with van der Waals surface area (Å²) >= 11 is 0. The van der Waals surface area contributed by atoms with Gasteiger partial charge in [-0.2, -0.15) is 0 Å². The quantitative estimate of drug-likeness (QED) is 0.626. The van der Waals surface area contributed by atoms with Crippen LogP contribution in [0.5, 0.6) is 0 Å². The van der Waals surface area contributed by atoms with Crippen molar-refractivity contribution < 1.29 is 22.4 Å². The summed E-state index contributed by atoms with van der Waals surface area (Å²) in [6.45, 7) is 3.63. The first-order valence-corrected chi connectivity index (χ1v) is 2.61. The van der Waals surface area contributed by atoms with Crippen LogP contribution < -0.4 is 0 Å². The first kappa shape index (κ1) is 8.70. The van der Waals surface area contributed by atoms with E-state index >= 15 is 0 Å². The Balaban J connectivity index is 0.000000640. The van der Waals surface area contributed by atoms with Gasteiger partial charge < -0.3 is 0 Å². The largest absolute Gasteiger partial charge is 1.00 e. The zero-order valence-electron chi connectivity index (χ0n) is 4.97. The molecule has 0 fully saturated rings. The second-order valence-corrected chi connectivity index (χ2v) is 1.61. The molecule has 0 atom stereocenters. The number of hydrogen-bond donors (Lipinski definition) is 0. The molecule has 1 rings (SSSR count). The number of rotatable bonds is 1. The average molecular weight is 212 g/mol. The van der Waals surface area contributed by atoms with Crippen molar-refractivity contribution in [3.63, 3.8) is 0 Å². The molecular weight excluding hydrogens is 204 g/mol. The molecule has 0 spiro atoms. The van der Waals surface area contributed by atoms with Crippen molar-refractivity contribution in [1.82, 2.24) is 0 Å². The van der Waals surface area contributed by atoms with Gasteiger partial charge in [0.15, 0.2) is 0 Å². The molecule has 0 aromatic heterocycles. The Morgan fingerprint density at radius 2 is 1.67 bits per heavy atom. The zero-order valence-corrected chi connectivity index (χ0v) is 6.45. The summed E-state index contributed by atoms with van der Waals surface area (Å²) in [5, 5.41) is 0. The Hall–Kier alpha value is -0.300. The zero-order chi connectivity index (χ0) is 5.82. The van der Waals surface area contributed by atoms with Gasteiger partial charge in [0.2, 0.25) is 0 Å². The third-order valence-corrected chi connectivity index (χ3v) is 1.04. The van der Waals surface area contributed by atoms with E-state index in [2.05, 4.69) is 6.58 Å². The molecule has 0 saturated carbocycles. The Morgan fingerprint density at radius 1 is 1.11 bits per heavy atom. The van der Waals surface area contributed by atoms with E-state index in [9.17, 15) is 0 Å². The van der Waals surface area contributed by atoms with Crippen molar-refractivity contribution in [2.75, 3.05) is 0 Å². The Bertz CT molecular complexity index is 167. The molecule has 50 valence electrons. The molecule has 0 heterocycles. The van der Waals surface area contributed by atoms with Gasteiger partial charge in [0, 0.05) is 0 Å². The van der Waals surface area contributed by atoms with Crippen molar-refractivity contribution in [2.45, 2.75) is 0 Å². The van der Waals surface area contributed by atoms with Crippen molar-refractivity contribution in [3.8, 4) is 0 Å². The summed E-state index contributed by atoms with van der Waals surface area (Å²) in [5.74, 6) is 0. The molecule has 0 amide bonds. The molecule has 0 aliphatic carbocycles. The first-order chi connectivity index (χ1) is 3.93. The maximum Gasteiger partial charge on any atom is 1.00 e. The van der Waals surface area contributed by atoms with E-state index in [4.69, 9.17) is 0 Å². The van der Waals surface area contributed by atoms with Crippen LogP contribution in [0.3, 0.4) is 0 Å². The van der Waals surface area contributed by atoms with Gasteiger partial charge >= 0.3 is 22.4 Å². The van der Waals surface area contributed by atoms with Gasteiger partial charge in [-0.05, 0) is 5.56 Å². The van der Waals surface area contributed by atoms with E-state index in [-0.39, 0.29) is 22.4 Å². The normalized spacial score (nSPS) is 7.56. The van der Waals surface area contributed by atoms with Crippen molar-refractivity contribution in [3.05, 3.63) is 42.5 Å². The topological polar surface area (TPSA) is 0 Å². The van der Waals surface area contributed by atoms with Gasteiger partial charge in [0.1, 0.15) is 0 Å². The summed E-state index contributed by atoms with van der Waals surface area (Å²) in [6.07, 6.45) is 1.83. The number of hydrogen-bond acceptors (Lipinski definition) is 0. The van der Waals surface area contributed by atoms with Gasteiger partial charge in [-0.25, -0.2) is 0 Å². The van der Waals surface area contributed by atoms with E-state index < -0.39 is 0 Å². The van der Waals surface area contributed by atoms with Crippen LogP contribution >= 0.6 is 0 Å². The van der Waals surface area contributed by atoms with E-state index in [1.54, 1.807) is 0 Å². The monoisotopic (exact) mass is 211 g/mol. The molecule has 0 radical (unpaired) electrons. The van der Waals surface area contributed by atoms with Gasteiger partial charge in [0.25, 0.3) is 0 Å². The molecule has 0 bridgehead atoms. The molecular formula is C8H8Ag+. The van der Waals surface area contributed by atoms with Crippen LogP contribution in [0.2, 0.25) is 0 Å². The minimum Gasteiger partial charge on any atom is -0.0985 e. The second kappa shape index (κ2) is 4.57. The fourth-order valence-corrected chi connectivity index (χ4v) is 0.589. The average Bonchev–Trinajstić information content (AvgIpc) is 1.90. The minimum absolute atomic E-state index is 0. The summed E-state index contributed by atoms with van der Waals surface area (Å²) in [7, 11) is 0. The molecule has 1 aromatic rings. The predicted octanol–water partition coefficient (Wildman–Crippen LogP) is 2.33. The van der Waals surface area contributed by atoms with Crippen LogP contribution in [0.15, 0.2) is 36.9 Å². The van der Waals surface area contributed by atoms with Gasteiger partial charge in [-0.3, -0.25) is 0 Å². The van der Waals surface area contributed by atoms with Gasteiger partial charge in [-0.1, -0.05) is 43.0 Å². The molecule has 9 heavy (non-hydrogen) atoms. The van der Waals surface area contributed by atoms with E-state index in [0.29, 0.717) is 0 Å². The van der Waals surface area contributed by atoms with Gasteiger partial charge in [-0.15, -0.1) is 0 Å². The van der Waals surface area contributed by atoms with Crippen LogP contribution in [-0.2, 0) is 22.4 Å². The van der Waals surface area contributed by atoms with Crippen LogP contribution in [0, 0.1) is 0 Å². The summed E-state index contributed by atoms with van der Waals surface area (Å²) in [4.78, 5) is 0. The summed E-state index contributed by atoms with van der Waals surface area (Å²) in [5.41, 5.74) is 1.17. The van der Waals surface area contributed by atoms with Crippen molar-refractivity contribution in [1.29, 1.82) is 0 Å². The van der Waals surface area contributed by atoms with Crippen LogP contribution in [0.25, 0.3) is 6.08 Å². The van der Waals surface area contributed by atoms with Crippen LogP contribution in [0.4, 0.5) is 0 Å². The first-order valence-electron chi connectivity index (χ1n) is 2.61.